The number of aliphatic hydroxyl groups excluding tert-OH is 1. The second-order valence-corrected chi connectivity index (χ2v) is 4.28. The summed E-state index contributed by atoms with van der Waals surface area (Å²) in [5.41, 5.74) is 1.97. The molecule has 0 heterocycles. The SMILES string of the molecule is CCc1ccccc1Oc1ccccc1C(C)O. The average Bonchev–Trinajstić information content (AvgIpc) is 2.40. The smallest absolute Gasteiger partial charge is 0.133 e. The zero-order valence-electron chi connectivity index (χ0n) is 10.8. The maximum Gasteiger partial charge on any atom is 0.133 e. The Labute approximate surface area is 108 Å². The first-order chi connectivity index (χ1) is 8.72. The Morgan fingerprint density at radius 2 is 1.61 bits per heavy atom. The molecular formula is C16H18O2. The van der Waals surface area contributed by atoms with Crippen molar-refractivity contribution in [2.75, 3.05) is 0 Å². The van der Waals surface area contributed by atoms with Crippen molar-refractivity contribution >= 4 is 0 Å². The van der Waals surface area contributed by atoms with Crippen LogP contribution in [0.1, 0.15) is 31.1 Å². The molecule has 94 valence electrons. The molecule has 0 radical (unpaired) electrons. The van der Waals surface area contributed by atoms with Crippen LogP contribution in [0.5, 0.6) is 11.5 Å². The quantitative estimate of drug-likeness (QED) is 0.874. The first-order valence-corrected chi connectivity index (χ1v) is 6.25. The topological polar surface area (TPSA) is 29.5 Å². The van der Waals surface area contributed by atoms with Gasteiger partial charge in [-0.2, -0.15) is 0 Å². The van der Waals surface area contributed by atoms with Gasteiger partial charge in [0, 0.05) is 5.56 Å². The lowest BCUT2D eigenvalue weighted by molar-refractivity contribution is 0.195. The van der Waals surface area contributed by atoms with E-state index < -0.39 is 6.10 Å². The number of ether oxygens (including phenoxy) is 1. The second-order valence-electron chi connectivity index (χ2n) is 4.28. The summed E-state index contributed by atoms with van der Waals surface area (Å²) in [6, 6.07) is 15.6. The molecule has 2 rings (SSSR count). The van der Waals surface area contributed by atoms with Gasteiger partial charge in [0.05, 0.1) is 6.10 Å². The summed E-state index contributed by atoms with van der Waals surface area (Å²) in [5.74, 6) is 1.57. The first-order valence-electron chi connectivity index (χ1n) is 6.25. The lowest BCUT2D eigenvalue weighted by Gasteiger charge is -2.14. The van der Waals surface area contributed by atoms with Gasteiger partial charge in [-0.15, -0.1) is 0 Å². The predicted molar refractivity (Wildman–Crippen MR) is 73.0 cm³/mol. The lowest BCUT2D eigenvalue weighted by atomic mass is 10.1. The van der Waals surface area contributed by atoms with Crippen LogP contribution in [0.15, 0.2) is 48.5 Å². The van der Waals surface area contributed by atoms with E-state index in [2.05, 4.69) is 13.0 Å². The number of para-hydroxylation sites is 2. The Morgan fingerprint density at radius 1 is 1.00 bits per heavy atom. The molecule has 0 saturated carbocycles. The zero-order valence-corrected chi connectivity index (χ0v) is 10.8. The van der Waals surface area contributed by atoms with E-state index in [0.717, 1.165) is 23.3 Å². The number of benzene rings is 2. The summed E-state index contributed by atoms with van der Waals surface area (Å²) in [6.45, 7) is 3.84. The van der Waals surface area contributed by atoms with Crippen LogP contribution < -0.4 is 4.74 Å². The number of aryl methyl sites for hydroxylation is 1. The Hall–Kier alpha value is -1.80. The molecule has 0 aliphatic heterocycles. The third-order valence-electron chi connectivity index (χ3n) is 2.94. The van der Waals surface area contributed by atoms with E-state index in [1.54, 1.807) is 6.92 Å². The molecule has 2 aromatic rings. The van der Waals surface area contributed by atoms with Crippen LogP contribution in [0.3, 0.4) is 0 Å². The fraction of sp³-hybridized carbons (Fsp3) is 0.250. The van der Waals surface area contributed by atoms with E-state index in [1.165, 1.54) is 0 Å². The summed E-state index contributed by atoms with van der Waals surface area (Å²) in [6.07, 6.45) is 0.391. The minimum atomic E-state index is -0.532. The molecule has 1 unspecified atom stereocenters. The number of aliphatic hydroxyl groups is 1. The van der Waals surface area contributed by atoms with E-state index in [9.17, 15) is 5.11 Å². The Bertz CT molecular complexity index is 518. The Balaban J connectivity index is 2.34. The van der Waals surface area contributed by atoms with E-state index in [4.69, 9.17) is 4.74 Å². The Morgan fingerprint density at radius 3 is 2.28 bits per heavy atom. The van der Waals surface area contributed by atoms with Crippen LogP contribution in [0.4, 0.5) is 0 Å². The summed E-state index contributed by atoms with van der Waals surface area (Å²) in [7, 11) is 0. The third kappa shape index (κ3) is 2.71. The highest BCUT2D eigenvalue weighted by molar-refractivity contribution is 5.42. The lowest BCUT2D eigenvalue weighted by Crippen LogP contribution is -1.97. The highest BCUT2D eigenvalue weighted by Gasteiger charge is 2.10. The summed E-state index contributed by atoms with van der Waals surface area (Å²) >= 11 is 0. The molecule has 0 aromatic heterocycles. The maximum absolute atomic E-state index is 9.73. The minimum Gasteiger partial charge on any atom is -0.457 e. The van der Waals surface area contributed by atoms with E-state index in [-0.39, 0.29) is 0 Å². The monoisotopic (exact) mass is 242 g/mol. The van der Waals surface area contributed by atoms with Gasteiger partial charge < -0.3 is 9.84 Å². The largest absolute Gasteiger partial charge is 0.457 e. The van der Waals surface area contributed by atoms with Crippen molar-refractivity contribution in [1.29, 1.82) is 0 Å². The molecule has 2 heteroatoms. The van der Waals surface area contributed by atoms with Crippen molar-refractivity contribution in [3.63, 3.8) is 0 Å². The highest BCUT2D eigenvalue weighted by Crippen LogP contribution is 2.31. The minimum absolute atomic E-state index is 0.532. The zero-order chi connectivity index (χ0) is 13.0. The van der Waals surface area contributed by atoms with Crippen molar-refractivity contribution in [1.82, 2.24) is 0 Å². The van der Waals surface area contributed by atoms with Crippen LogP contribution in [0.25, 0.3) is 0 Å². The van der Waals surface area contributed by atoms with Gasteiger partial charge in [0.1, 0.15) is 11.5 Å². The number of hydrogen-bond donors (Lipinski definition) is 1. The Kier molecular flexibility index (Phi) is 4.00. The van der Waals surface area contributed by atoms with Crippen LogP contribution in [-0.2, 0) is 6.42 Å². The number of rotatable bonds is 4. The van der Waals surface area contributed by atoms with Crippen molar-refractivity contribution in [3.05, 3.63) is 59.7 Å². The highest BCUT2D eigenvalue weighted by atomic mass is 16.5. The predicted octanol–water partition coefficient (Wildman–Crippen LogP) is 4.09. The van der Waals surface area contributed by atoms with Crippen molar-refractivity contribution < 1.29 is 9.84 Å². The van der Waals surface area contributed by atoms with E-state index in [0.29, 0.717) is 5.75 Å². The molecule has 0 saturated heterocycles. The second kappa shape index (κ2) is 5.69. The summed E-state index contributed by atoms with van der Waals surface area (Å²) < 4.78 is 5.93. The molecule has 2 nitrogen and oxygen atoms in total. The molecule has 0 spiro atoms. The molecule has 0 aliphatic carbocycles. The fourth-order valence-electron chi connectivity index (χ4n) is 1.93. The van der Waals surface area contributed by atoms with Crippen molar-refractivity contribution in [2.45, 2.75) is 26.4 Å². The fourth-order valence-corrected chi connectivity index (χ4v) is 1.93. The molecule has 18 heavy (non-hydrogen) atoms. The molecular weight excluding hydrogens is 224 g/mol. The third-order valence-corrected chi connectivity index (χ3v) is 2.94. The molecule has 0 aliphatic rings. The molecule has 0 fully saturated rings. The first kappa shape index (κ1) is 12.7. The maximum atomic E-state index is 9.73. The van der Waals surface area contributed by atoms with E-state index >= 15 is 0 Å². The van der Waals surface area contributed by atoms with Crippen molar-refractivity contribution in [3.8, 4) is 11.5 Å². The van der Waals surface area contributed by atoms with Crippen LogP contribution in [0.2, 0.25) is 0 Å². The molecule has 2 aromatic carbocycles. The van der Waals surface area contributed by atoms with Gasteiger partial charge >= 0.3 is 0 Å². The van der Waals surface area contributed by atoms with Crippen LogP contribution >= 0.6 is 0 Å². The van der Waals surface area contributed by atoms with Gasteiger partial charge in [-0.05, 0) is 31.0 Å². The summed E-state index contributed by atoms with van der Waals surface area (Å²) in [4.78, 5) is 0. The molecule has 0 bridgehead atoms. The summed E-state index contributed by atoms with van der Waals surface area (Å²) in [5, 5.41) is 9.73. The normalized spacial score (nSPS) is 12.2. The number of hydrogen-bond acceptors (Lipinski definition) is 2. The van der Waals surface area contributed by atoms with Gasteiger partial charge in [0.2, 0.25) is 0 Å². The molecule has 1 atom stereocenters. The average molecular weight is 242 g/mol. The van der Waals surface area contributed by atoms with Gasteiger partial charge in [0.15, 0.2) is 0 Å². The molecule has 0 amide bonds. The molecule has 1 N–H and O–H groups in total. The van der Waals surface area contributed by atoms with E-state index in [1.807, 2.05) is 42.5 Å². The van der Waals surface area contributed by atoms with Crippen LogP contribution in [0, 0.1) is 0 Å². The van der Waals surface area contributed by atoms with Gasteiger partial charge in [-0.25, -0.2) is 0 Å². The van der Waals surface area contributed by atoms with Gasteiger partial charge in [-0.1, -0.05) is 43.3 Å². The van der Waals surface area contributed by atoms with Gasteiger partial charge in [0.25, 0.3) is 0 Å². The van der Waals surface area contributed by atoms with Gasteiger partial charge in [-0.3, -0.25) is 0 Å². The standard InChI is InChI=1S/C16H18O2/c1-3-13-8-4-6-10-15(13)18-16-11-7-5-9-14(16)12(2)17/h4-12,17H,3H2,1-2H3. The van der Waals surface area contributed by atoms with Crippen molar-refractivity contribution in [2.24, 2.45) is 0 Å². The van der Waals surface area contributed by atoms with Crippen LogP contribution in [-0.4, -0.2) is 5.11 Å².